The quantitative estimate of drug-likeness (QED) is 0.561. The van der Waals surface area contributed by atoms with Gasteiger partial charge in [-0.05, 0) is 5.75 Å². The summed E-state index contributed by atoms with van der Waals surface area (Å²) in [4.78, 5) is 3.96. The van der Waals surface area contributed by atoms with Gasteiger partial charge in [0.1, 0.15) is 6.61 Å². The highest BCUT2D eigenvalue weighted by Crippen LogP contribution is 2.22. The van der Waals surface area contributed by atoms with Crippen LogP contribution in [0, 0.1) is 5.37 Å². The zero-order chi connectivity index (χ0) is 5.82. The minimum atomic E-state index is 0.679. The lowest BCUT2D eigenvalue weighted by molar-refractivity contribution is 0.372. The first kappa shape index (κ1) is 5.95. The van der Waals surface area contributed by atoms with E-state index in [1.807, 2.05) is 0 Å². The molecule has 0 aromatic carbocycles. The molecule has 0 aromatic rings. The first-order chi connectivity index (χ1) is 3.93. The van der Waals surface area contributed by atoms with E-state index in [1.54, 1.807) is 11.8 Å². The molecule has 1 aliphatic heterocycles. The molecule has 1 radical (unpaired) electrons. The van der Waals surface area contributed by atoms with E-state index in [-0.39, 0.29) is 0 Å². The Balaban J connectivity index is 2.16. The van der Waals surface area contributed by atoms with Gasteiger partial charge in [-0.1, -0.05) is 6.92 Å². The van der Waals surface area contributed by atoms with Crippen LogP contribution in [0.1, 0.15) is 6.92 Å². The number of hydrogen-bond acceptors (Lipinski definition) is 3. The van der Waals surface area contributed by atoms with E-state index < -0.39 is 0 Å². The zero-order valence-electron chi connectivity index (χ0n) is 4.76. The fraction of sp³-hybridized carbons (Fsp3) is 0.600. The second kappa shape index (κ2) is 2.97. The molecule has 45 valence electrons. The van der Waals surface area contributed by atoms with Gasteiger partial charge >= 0.3 is 0 Å². The summed E-state index contributed by atoms with van der Waals surface area (Å²) in [6, 6.07) is 0. The lowest BCUT2D eigenvalue weighted by Crippen LogP contribution is -1.89. The SMILES string of the molecule is CCS[C]1COC=N1. The van der Waals surface area contributed by atoms with Gasteiger partial charge in [-0.3, -0.25) is 0 Å². The Bertz CT molecular complexity index is 94.4. The van der Waals surface area contributed by atoms with Crippen molar-refractivity contribution in [3.05, 3.63) is 5.37 Å². The highest BCUT2D eigenvalue weighted by atomic mass is 32.2. The smallest absolute Gasteiger partial charge is 0.181 e. The molecule has 0 N–H and O–H groups in total. The standard InChI is InChI=1S/C5H8NOS/c1-2-8-5-3-7-4-6-5/h4H,2-3H2,1H3. The Morgan fingerprint density at radius 2 is 2.88 bits per heavy atom. The minimum absolute atomic E-state index is 0.679. The predicted octanol–water partition coefficient (Wildman–Crippen LogP) is 1.29. The van der Waals surface area contributed by atoms with Gasteiger partial charge in [-0.25, -0.2) is 4.99 Å². The fourth-order valence-corrected chi connectivity index (χ4v) is 1.09. The molecule has 0 bridgehead atoms. The van der Waals surface area contributed by atoms with Crippen molar-refractivity contribution < 1.29 is 4.74 Å². The van der Waals surface area contributed by atoms with E-state index in [9.17, 15) is 0 Å². The fourth-order valence-electron chi connectivity index (χ4n) is 0.487. The summed E-state index contributed by atoms with van der Waals surface area (Å²) in [6.45, 7) is 2.78. The van der Waals surface area contributed by atoms with Crippen molar-refractivity contribution in [1.82, 2.24) is 0 Å². The summed E-state index contributed by atoms with van der Waals surface area (Å²) < 4.78 is 4.86. The normalized spacial score (nSPS) is 19.1. The molecule has 0 aromatic heterocycles. The molecule has 3 heteroatoms. The van der Waals surface area contributed by atoms with Crippen LogP contribution in [-0.2, 0) is 4.74 Å². The molecule has 0 atom stereocenters. The van der Waals surface area contributed by atoms with Gasteiger partial charge in [-0.15, -0.1) is 11.8 Å². The van der Waals surface area contributed by atoms with Crippen LogP contribution < -0.4 is 0 Å². The number of ether oxygens (including phenoxy) is 1. The van der Waals surface area contributed by atoms with Crippen molar-refractivity contribution >= 4 is 18.2 Å². The van der Waals surface area contributed by atoms with Gasteiger partial charge in [0.15, 0.2) is 11.8 Å². The molecule has 0 saturated heterocycles. The van der Waals surface area contributed by atoms with Gasteiger partial charge in [0.2, 0.25) is 0 Å². The molecule has 8 heavy (non-hydrogen) atoms. The van der Waals surface area contributed by atoms with Crippen LogP contribution in [0.2, 0.25) is 0 Å². The van der Waals surface area contributed by atoms with Crippen molar-refractivity contribution in [3.8, 4) is 0 Å². The monoisotopic (exact) mass is 130 g/mol. The lowest BCUT2D eigenvalue weighted by Gasteiger charge is -1.97. The van der Waals surface area contributed by atoms with Crippen molar-refractivity contribution in [1.29, 1.82) is 0 Å². The largest absolute Gasteiger partial charge is 0.480 e. The van der Waals surface area contributed by atoms with Crippen LogP contribution in [0.4, 0.5) is 0 Å². The van der Waals surface area contributed by atoms with Gasteiger partial charge in [0, 0.05) is 0 Å². The third-order valence-electron chi connectivity index (χ3n) is 0.789. The summed E-state index contributed by atoms with van der Waals surface area (Å²) in [7, 11) is 0. The van der Waals surface area contributed by atoms with Crippen LogP contribution in [0.25, 0.3) is 0 Å². The van der Waals surface area contributed by atoms with Crippen LogP contribution >= 0.6 is 11.8 Å². The van der Waals surface area contributed by atoms with Crippen molar-refractivity contribution in [2.75, 3.05) is 12.4 Å². The van der Waals surface area contributed by atoms with Crippen molar-refractivity contribution in [2.45, 2.75) is 6.92 Å². The molecule has 0 amide bonds. The molecule has 0 fully saturated rings. The van der Waals surface area contributed by atoms with Crippen molar-refractivity contribution in [2.24, 2.45) is 4.99 Å². The maximum absolute atomic E-state index is 4.86. The minimum Gasteiger partial charge on any atom is -0.480 e. The molecule has 1 aliphatic rings. The summed E-state index contributed by atoms with van der Waals surface area (Å²) in [5.41, 5.74) is 0. The Hall–Kier alpha value is -0.180. The number of thioether (sulfide) groups is 1. The molecular weight excluding hydrogens is 122 g/mol. The first-order valence-corrected chi connectivity index (χ1v) is 3.55. The Morgan fingerprint density at radius 3 is 3.38 bits per heavy atom. The van der Waals surface area contributed by atoms with E-state index in [1.165, 1.54) is 6.40 Å². The maximum atomic E-state index is 4.86. The first-order valence-electron chi connectivity index (χ1n) is 2.56. The van der Waals surface area contributed by atoms with Crippen LogP contribution in [0.5, 0.6) is 0 Å². The summed E-state index contributed by atoms with van der Waals surface area (Å²) in [5, 5.41) is 1.09. The zero-order valence-corrected chi connectivity index (χ0v) is 5.57. The van der Waals surface area contributed by atoms with E-state index in [0.717, 1.165) is 11.1 Å². The third kappa shape index (κ3) is 1.40. The second-order valence-corrected chi connectivity index (χ2v) is 2.71. The van der Waals surface area contributed by atoms with Gasteiger partial charge in [0.05, 0.1) is 0 Å². The molecular formula is C5H8NOS. The lowest BCUT2D eigenvalue weighted by atomic mass is 10.7. The van der Waals surface area contributed by atoms with E-state index >= 15 is 0 Å². The summed E-state index contributed by atoms with van der Waals surface area (Å²) in [6.07, 6.45) is 1.50. The topological polar surface area (TPSA) is 21.6 Å². The van der Waals surface area contributed by atoms with Gasteiger partial charge in [-0.2, -0.15) is 0 Å². The number of aliphatic imine (C=N–C) groups is 1. The average Bonchev–Trinajstić information content (AvgIpc) is 2.19. The van der Waals surface area contributed by atoms with Crippen LogP contribution in [0.15, 0.2) is 4.99 Å². The molecule has 0 saturated carbocycles. The van der Waals surface area contributed by atoms with E-state index in [2.05, 4.69) is 11.9 Å². The Morgan fingerprint density at radius 1 is 2.00 bits per heavy atom. The Kier molecular flexibility index (Phi) is 2.21. The maximum Gasteiger partial charge on any atom is 0.181 e. The van der Waals surface area contributed by atoms with Crippen LogP contribution in [-0.4, -0.2) is 18.8 Å². The Labute approximate surface area is 53.3 Å². The van der Waals surface area contributed by atoms with E-state index in [4.69, 9.17) is 4.74 Å². The third-order valence-corrected chi connectivity index (χ3v) is 1.63. The molecule has 1 rings (SSSR count). The summed E-state index contributed by atoms with van der Waals surface area (Å²) >= 11 is 1.73. The van der Waals surface area contributed by atoms with E-state index in [0.29, 0.717) is 6.61 Å². The van der Waals surface area contributed by atoms with Crippen molar-refractivity contribution in [3.63, 3.8) is 0 Å². The van der Waals surface area contributed by atoms with Gasteiger partial charge in [0.25, 0.3) is 0 Å². The predicted molar refractivity (Wildman–Crippen MR) is 35.8 cm³/mol. The van der Waals surface area contributed by atoms with Crippen LogP contribution in [0.3, 0.4) is 0 Å². The number of nitrogens with zero attached hydrogens (tertiary/aromatic N) is 1. The van der Waals surface area contributed by atoms with Gasteiger partial charge < -0.3 is 4.74 Å². The molecule has 2 nitrogen and oxygen atoms in total. The highest BCUT2D eigenvalue weighted by Gasteiger charge is 2.10. The molecule has 0 aliphatic carbocycles. The molecule has 0 spiro atoms. The average molecular weight is 130 g/mol. The molecule has 1 heterocycles. The highest BCUT2D eigenvalue weighted by molar-refractivity contribution is 8.02. The second-order valence-electron chi connectivity index (χ2n) is 1.37. The number of hydrogen-bond donors (Lipinski definition) is 0. The summed E-state index contributed by atoms with van der Waals surface area (Å²) in [5.74, 6) is 1.08. The molecule has 0 unspecified atom stereocenters. The number of rotatable bonds is 2.